The van der Waals surface area contributed by atoms with Crippen molar-refractivity contribution in [2.45, 2.75) is 58.8 Å². The number of unbranched alkanes of at least 4 members (excludes halogenated alkanes) is 4. The zero-order valence-corrected chi connectivity index (χ0v) is 13.0. The molecule has 0 aliphatic heterocycles. The summed E-state index contributed by atoms with van der Waals surface area (Å²) in [6.45, 7) is 5.60. The Morgan fingerprint density at radius 2 is 1.89 bits per heavy atom. The van der Waals surface area contributed by atoms with Gasteiger partial charge in [0.05, 0.1) is 0 Å². The molecule has 0 aliphatic rings. The van der Waals surface area contributed by atoms with Gasteiger partial charge in [0.2, 0.25) is 0 Å². The second-order valence-corrected chi connectivity index (χ2v) is 5.82. The maximum atomic E-state index is 3.35. The van der Waals surface area contributed by atoms with Gasteiger partial charge >= 0.3 is 0 Å². The molecule has 1 N–H and O–H groups in total. The van der Waals surface area contributed by atoms with Gasteiger partial charge in [-0.3, -0.25) is 0 Å². The maximum absolute atomic E-state index is 3.35. The first-order valence-corrected chi connectivity index (χ1v) is 7.96. The number of nitrogens with one attached hydrogen (secondary N) is 1. The molecule has 0 aliphatic carbocycles. The molecular weight excluding hydrogens is 230 g/mol. The molecule has 0 aromatic heterocycles. The number of benzene rings is 1. The first-order valence-electron chi connectivity index (χ1n) is 7.96. The standard InChI is InChI=1S/C18H31N/c1-4-5-6-7-8-11-18(15-19-3)14-17-12-9-10-16(2)13-17/h9-10,12-13,18-19H,4-8,11,14-15H2,1-3H3. The number of rotatable bonds is 10. The van der Waals surface area contributed by atoms with E-state index in [1.165, 1.54) is 56.1 Å². The van der Waals surface area contributed by atoms with Crippen molar-refractivity contribution in [3.63, 3.8) is 0 Å². The molecule has 0 radical (unpaired) electrons. The lowest BCUT2D eigenvalue weighted by molar-refractivity contribution is 0.433. The molecule has 1 atom stereocenters. The van der Waals surface area contributed by atoms with Gasteiger partial charge in [-0.2, -0.15) is 0 Å². The summed E-state index contributed by atoms with van der Waals surface area (Å²) in [6.07, 6.45) is 9.51. The first kappa shape index (κ1) is 16.2. The van der Waals surface area contributed by atoms with Gasteiger partial charge in [0.1, 0.15) is 0 Å². The van der Waals surface area contributed by atoms with E-state index in [1.807, 2.05) is 0 Å². The van der Waals surface area contributed by atoms with Crippen molar-refractivity contribution in [3.05, 3.63) is 35.4 Å². The molecule has 0 bridgehead atoms. The Morgan fingerprint density at radius 3 is 2.58 bits per heavy atom. The van der Waals surface area contributed by atoms with E-state index in [1.54, 1.807) is 0 Å². The summed E-state index contributed by atoms with van der Waals surface area (Å²) in [5.74, 6) is 0.786. The van der Waals surface area contributed by atoms with Crippen LogP contribution in [-0.2, 0) is 6.42 Å². The number of hydrogen-bond donors (Lipinski definition) is 1. The smallest absolute Gasteiger partial charge is 0.00203 e. The zero-order chi connectivity index (χ0) is 13.9. The average Bonchev–Trinajstić information content (AvgIpc) is 2.38. The van der Waals surface area contributed by atoms with Crippen LogP contribution in [-0.4, -0.2) is 13.6 Å². The van der Waals surface area contributed by atoms with Crippen LogP contribution < -0.4 is 5.32 Å². The molecule has 0 heterocycles. The molecule has 1 aromatic carbocycles. The highest BCUT2D eigenvalue weighted by Crippen LogP contribution is 2.17. The summed E-state index contributed by atoms with van der Waals surface area (Å²) in [4.78, 5) is 0. The van der Waals surface area contributed by atoms with Crippen LogP contribution in [0, 0.1) is 12.8 Å². The van der Waals surface area contributed by atoms with Gasteiger partial charge in [0.25, 0.3) is 0 Å². The molecule has 0 spiro atoms. The van der Waals surface area contributed by atoms with Crippen LogP contribution in [0.3, 0.4) is 0 Å². The van der Waals surface area contributed by atoms with Crippen molar-refractivity contribution in [1.82, 2.24) is 5.32 Å². The quantitative estimate of drug-likeness (QED) is 0.600. The summed E-state index contributed by atoms with van der Waals surface area (Å²) in [6, 6.07) is 8.97. The molecular formula is C18H31N. The SMILES string of the molecule is CCCCCCCC(CNC)Cc1cccc(C)c1. The molecule has 1 unspecified atom stereocenters. The van der Waals surface area contributed by atoms with E-state index in [0.717, 1.165) is 12.5 Å². The molecule has 0 fully saturated rings. The van der Waals surface area contributed by atoms with Gasteiger partial charge in [-0.15, -0.1) is 0 Å². The van der Waals surface area contributed by atoms with Gasteiger partial charge in [-0.05, 0) is 44.8 Å². The van der Waals surface area contributed by atoms with E-state index < -0.39 is 0 Å². The molecule has 108 valence electrons. The van der Waals surface area contributed by atoms with E-state index in [4.69, 9.17) is 0 Å². The molecule has 1 nitrogen and oxygen atoms in total. The maximum Gasteiger partial charge on any atom is -0.00203 e. The normalized spacial score (nSPS) is 12.6. The monoisotopic (exact) mass is 261 g/mol. The Labute approximate surface area is 119 Å². The Morgan fingerprint density at radius 1 is 1.11 bits per heavy atom. The van der Waals surface area contributed by atoms with Crippen LogP contribution in [0.15, 0.2) is 24.3 Å². The van der Waals surface area contributed by atoms with Crippen molar-refractivity contribution in [3.8, 4) is 0 Å². The number of hydrogen-bond acceptors (Lipinski definition) is 1. The predicted octanol–water partition coefficient (Wildman–Crippen LogP) is 4.73. The average molecular weight is 261 g/mol. The summed E-state index contributed by atoms with van der Waals surface area (Å²) >= 11 is 0. The van der Waals surface area contributed by atoms with E-state index in [9.17, 15) is 0 Å². The largest absolute Gasteiger partial charge is 0.319 e. The van der Waals surface area contributed by atoms with Crippen molar-refractivity contribution in [2.75, 3.05) is 13.6 Å². The van der Waals surface area contributed by atoms with Crippen molar-refractivity contribution < 1.29 is 0 Å². The lowest BCUT2D eigenvalue weighted by Crippen LogP contribution is -2.20. The highest BCUT2D eigenvalue weighted by atomic mass is 14.8. The number of aryl methyl sites for hydroxylation is 1. The minimum absolute atomic E-state index is 0.786. The lowest BCUT2D eigenvalue weighted by atomic mass is 9.93. The summed E-state index contributed by atoms with van der Waals surface area (Å²) in [5, 5.41) is 3.35. The fraction of sp³-hybridized carbons (Fsp3) is 0.667. The van der Waals surface area contributed by atoms with E-state index in [2.05, 4.69) is 50.5 Å². The minimum atomic E-state index is 0.786. The summed E-state index contributed by atoms with van der Waals surface area (Å²) < 4.78 is 0. The van der Waals surface area contributed by atoms with Crippen LogP contribution in [0.2, 0.25) is 0 Å². The van der Waals surface area contributed by atoms with Crippen molar-refractivity contribution >= 4 is 0 Å². The summed E-state index contributed by atoms with van der Waals surface area (Å²) in [7, 11) is 2.07. The van der Waals surface area contributed by atoms with Crippen LogP contribution in [0.5, 0.6) is 0 Å². The first-order chi connectivity index (χ1) is 9.26. The summed E-state index contributed by atoms with van der Waals surface area (Å²) in [5.41, 5.74) is 2.87. The van der Waals surface area contributed by atoms with E-state index >= 15 is 0 Å². The lowest BCUT2D eigenvalue weighted by Gasteiger charge is -2.17. The highest BCUT2D eigenvalue weighted by Gasteiger charge is 2.08. The Kier molecular flexibility index (Phi) is 8.57. The highest BCUT2D eigenvalue weighted by molar-refractivity contribution is 5.22. The fourth-order valence-corrected chi connectivity index (χ4v) is 2.77. The third-order valence-electron chi connectivity index (χ3n) is 3.82. The van der Waals surface area contributed by atoms with Gasteiger partial charge in [0, 0.05) is 0 Å². The van der Waals surface area contributed by atoms with E-state index in [-0.39, 0.29) is 0 Å². The second kappa shape index (κ2) is 10.0. The van der Waals surface area contributed by atoms with Crippen LogP contribution in [0.25, 0.3) is 0 Å². The van der Waals surface area contributed by atoms with Crippen LogP contribution >= 0.6 is 0 Å². The predicted molar refractivity (Wildman–Crippen MR) is 85.7 cm³/mol. The fourth-order valence-electron chi connectivity index (χ4n) is 2.77. The Balaban J connectivity index is 2.35. The molecule has 0 amide bonds. The van der Waals surface area contributed by atoms with Crippen molar-refractivity contribution in [2.24, 2.45) is 5.92 Å². The topological polar surface area (TPSA) is 12.0 Å². The van der Waals surface area contributed by atoms with Crippen LogP contribution in [0.4, 0.5) is 0 Å². The molecule has 1 aromatic rings. The molecule has 19 heavy (non-hydrogen) atoms. The Bertz CT molecular complexity index is 332. The molecule has 0 saturated carbocycles. The molecule has 1 rings (SSSR count). The third kappa shape index (κ3) is 7.37. The van der Waals surface area contributed by atoms with Crippen LogP contribution in [0.1, 0.15) is 56.6 Å². The third-order valence-corrected chi connectivity index (χ3v) is 3.82. The van der Waals surface area contributed by atoms with E-state index in [0.29, 0.717) is 0 Å². The minimum Gasteiger partial charge on any atom is -0.319 e. The zero-order valence-electron chi connectivity index (χ0n) is 13.0. The van der Waals surface area contributed by atoms with Crippen molar-refractivity contribution in [1.29, 1.82) is 0 Å². The molecule has 1 heteroatoms. The van der Waals surface area contributed by atoms with Gasteiger partial charge in [0.15, 0.2) is 0 Å². The van der Waals surface area contributed by atoms with Gasteiger partial charge in [-0.1, -0.05) is 68.9 Å². The van der Waals surface area contributed by atoms with Gasteiger partial charge < -0.3 is 5.32 Å². The molecule has 0 saturated heterocycles. The van der Waals surface area contributed by atoms with Gasteiger partial charge in [-0.25, -0.2) is 0 Å². The Hall–Kier alpha value is -0.820. The second-order valence-electron chi connectivity index (χ2n) is 5.82.